The Morgan fingerprint density at radius 1 is 1.54 bits per heavy atom. The molecule has 4 heteroatoms. The summed E-state index contributed by atoms with van der Waals surface area (Å²) < 4.78 is 5.29. The molecule has 0 spiro atoms. The van der Waals surface area contributed by atoms with E-state index in [-0.39, 0.29) is 16.7 Å². The van der Waals surface area contributed by atoms with Gasteiger partial charge in [-0.15, -0.1) is 0 Å². The Kier molecular flexibility index (Phi) is 1.13. The average Bonchev–Trinajstić information content (AvgIpc) is 2.78. The fourth-order valence-electron chi connectivity index (χ4n) is 1.94. The van der Waals surface area contributed by atoms with E-state index in [1.165, 1.54) is 5.56 Å². The predicted octanol–water partition coefficient (Wildman–Crippen LogP) is 1.59. The van der Waals surface area contributed by atoms with Gasteiger partial charge in [0.05, 0.1) is 11.0 Å². The zero-order valence-electron chi connectivity index (χ0n) is 6.77. The summed E-state index contributed by atoms with van der Waals surface area (Å²) in [5.74, 6) is 0. The first-order valence-corrected chi connectivity index (χ1v) is 4.18. The lowest BCUT2D eigenvalue weighted by Crippen LogP contribution is -1.92. The maximum absolute atomic E-state index is 10.5. The summed E-state index contributed by atoms with van der Waals surface area (Å²) in [7, 11) is 0. The van der Waals surface area contributed by atoms with Crippen molar-refractivity contribution in [1.82, 2.24) is 0 Å². The lowest BCUT2D eigenvalue weighted by molar-refractivity contribution is -0.384. The first-order valence-electron chi connectivity index (χ1n) is 4.18. The summed E-state index contributed by atoms with van der Waals surface area (Å²) in [6.45, 7) is 0. The molecule has 1 saturated heterocycles. The number of hydrogen-bond acceptors (Lipinski definition) is 3. The molecule has 0 N–H and O–H groups in total. The number of benzene rings is 1. The molecule has 1 aromatic carbocycles. The second-order valence-electron chi connectivity index (χ2n) is 3.44. The summed E-state index contributed by atoms with van der Waals surface area (Å²) in [5, 5.41) is 10.5. The lowest BCUT2D eigenvalue weighted by Gasteiger charge is -2.00. The van der Waals surface area contributed by atoms with Crippen LogP contribution >= 0.6 is 0 Å². The van der Waals surface area contributed by atoms with Crippen LogP contribution in [0.1, 0.15) is 17.2 Å². The van der Waals surface area contributed by atoms with Crippen LogP contribution in [0.2, 0.25) is 0 Å². The summed E-state index contributed by atoms with van der Waals surface area (Å²) in [5.41, 5.74) is 2.38. The van der Waals surface area contributed by atoms with Crippen molar-refractivity contribution in [3.63, 3.8) is 0 Å². The molecule has 0 radical (unpaired) electrons. The third kappa shape index (κ3) is 0.890. The molecular formula is C9H7NO3. The quantitative estimate of drug-likeness (QED) is 0.372. The molecule has 0 aromatic heterocycles. The van der Waals surface area contributed by atoms with Crippen LogP contribution in [0.15, 0.2) is 18.2 Å². The van der Waals surface area contributed by atoms with E-state index >= 15 is 0 Å². The Hall–Kier alpha value is -1.42. The molecule has 2 atom stereocenters. The van der Waals surface area contributed by atoms with Crippen LogP contribution in [0.4, 0.5) is 5.69 Å². The van der Waals surface area contributed by atoms with E-state index in [9.17, 15) is 10.1 Å². The topological polar surface area (TPSA) is 55.7 Å². The Labute approximate surface area is 74.3 Å². The molecule has 4 nitrogen and oxygen atoms in total. The van der Waals surface area contributed by atoms with E-state index in [1.807, 2.05) is 6.07 Å². The van der Waals surface area contributed by atoms with Crippen LogP contribution in [-0.4, -0.2) is 11.0 Å². The van der Waals surface area contributed by atoms with E-state index in [2.05, 4.69) is 0 Å². The molecular weight excluding hydrogens is 170 g/mol. The van der Waals surface area contributed by atoms with Gasteiger partial charge in [-0.3, -0.25) is 10.1 Å². The Bertz CT molecular complexity index is 402. The smallest absolute Gasteiger partial charge is 0.269 e. The predicted molar refractivity (Wildman–Crippen MR) is 44.4 cm³/mol. The highest BCUT2D eigenvalue weighted by Gasteiger charge is 2.47. The van der Waals surface area contributed by atoms with Crippen LogP contribution in [0, 0.1) is 10.1 Å². The van der Waals surface area contributed by atoms with Crippen LogP contribution in [0.5, 0.6) is 0 Å². The SMILES string of the molecule is O=[N+]([O-])c1ccc2c(c1)C1OC1C2. The Morgan fingerprint density at radius 3 is 3.15 bits per heavy atom. The summed E-state index contributed by atoms with van der Waals surface area (Å²) in [6.07, 6.45) is 1.37. The van der Waals surface area contributed by atoms with Crippen LogP contribution in [0.25, 0.3) is 0 Å². The van der Waals surface area contributed by atoms with Gasteiger partial charge in [0.25, 0.3) is 5.69 Å². The van der Waals surface area contributed by atoms with Crippen molar-refractivity contribution in [2.75, 3.05) is 0 Å². The molecule has 1 aliphatic carbocycles. The molecule has 13 heavy (non-hydrogen) atoms. The molecule has 1 aliphatic heterocycles. The standard InChI is InChI=1S/C9H7NO3/c11-10(12)6-2-1-5-3-8-9(13-8)7(5)4-6/h1-2,4,8-9H,3H2. The van der Waals surface area contributed by atoms with Gasteiger partial charge in [0, 0.05) is 18.6 Å². The summed E-state index contributed by atoms with van der Waals surface area (Å²) >= 11 is 0. The van der Waals surface area contributed by atoms with Crippen LogP contribution in [0.3, 0.4) is 0 Å². The van der Waals surface area contributed by atoms with Crippen molar-refractivity contribution < 1.29 is 9.66 Å². The number of epoxide rings is 1. The third-order valence-corrected chi connectivity index (χ3v) is 2.65. The molecule has 1 fully saturated rings. The second kappa shape index (κ2) is 2.09. The number of fused-ring (bicyclic) bond motifs is 3. The van der Waals surface area contributed by atoms with Crippen molar-refractivity contribution in [2.24, 2.45) is 0 Å². The largest absolute Gasteiger partial charge is 0.364 e. The van der Waals surface area contributed by atoms with Gasteiger partial charge < -0.3 is 4.74 Å². The summed E-state index contributed by atoms with van der Waals surface area (Å²) in [6, 6.07) is 5.03. The highest BCUT2D eigenvalue weighted by atomic mass is 16.6. The fourth-order valence-corrected chi connectivity index (χ4v) is 1.94. The normalized spacial score (nSPS) is 28.0. The number of hydrogen-bond donors (Lipinski definition) is 0. The van der Waals surface area contributed by atoms with Crippen LogP contribution in [-0.2, 0) is 11.2 Å². The monoisotopic (exact) mass is 177 g/mol. The molecule has 1 heterocycles. The first kappa shape index (κ1) is 7.03. The molecule has 66 valence electrons. The highest BCUT2D eigenvalue weighted by Crippen LogP contribution is 2.49. The minimum absolute atomic E-state index is 0.148. The Morgan fingerprint density at radius 2 is 2.38 bits per heavy atom. The van der Waals surface area contributed by atoms with E-state index < -0.39 is 0 Å². The second-order valence-corrected chi connectivity index (χ2v) is 3.44. The molecule has 2 aliphatic rings. The zero-order valence-corrected chi connectivity index (χ0v) is 6.77. The van der Waals surface area contributed by atoms with Crippen molar-refractivity contribution in [3.8, 4) is 0 Å². The minimum Gasteiger partial charge on any atom is -0.364 e. The molecule has 3 rings (SSSR count). The average molecular weight is 177 g/mol. The van der Waals surface area contributed by atoms with Crippen LogP contribution < -0.4 is 0 Å². The fraction of sp³-hybridized carbons (Fsp3) is 0.333. The molecule has 0 bridgehead atoms. The van der Waals surface area contributed by atoms with Gasteiger partial charge in [0.15, 0.2) is 0 Å². The third-order valence-electron chi connectivity index (χ3n) is 2.65. The summed E-state index contributed by atoms with van der Waals surface area (Å²) in [4.78, 5) is 10.1. The molecule has 0 amide bonds. The van der Waals surface area contributed by atoms with E-state index in [0.29, 0.717) is 6.10 Å². The van der Waals surface area contributed by atoms with E-state index in [0.717, 1.165) is 12.0 Å². The van der Waals surface area contributed by atoms with Gasteiger partial charge in [-0.25, -0.2) is 0 Å². The molecule has 1 aromatic rings. The van der Waals surface area contributed by atoms with E-state index in [1.54, 1.807) is 12.1 Å². The van der Waals surface area contributed by atoms with Crippen molar-refractivity contribution >= 4 is 5.69 Å². The van der Waals surface area contributed by atoms with Gasteiger partial charge in [0.2, 0.25) is 0 Å². The van der Waals surface area contributed by atoms with Crippen molar-refractivity contribution in [2.45, 2.75) is 18.6 Å². The minimum atomic E-state index is -0.365. The van der Waals surface area contributed by atoms with Crippen molar-refractivity contribution in [1.29, 1.82) is 0 Å². The molecule has 2 unspecified atom stereocenters. The van der Waals surface area contributed by atoms with E-state index in [4.69, 9.17) is 4.74 Å². The Balaban J connectivity index is 2.11. The van der Waals surface area contributed by atoms with Gasteiger partial charge in [0.1, 0.15) is 6.10 Å². The number of nitro groups is 1. The maximum atomic E-state index is 10.5. The van der Waals surface area contributed by atoms with Gasteiger partial charge in [-0.1, -0.05) is 6.07 Å². The zero-order chi connectivity index (χ0) is 9.00. The first-order chi connectivity index (χ1) is 6.25. The maximum Gasteiger partial charge on any atom is 0.269 e. The van der Waals surface area contributed by atoms with Gasteiger partial charge in [-0.2, -0.15) is 0 Å². The van der Waals surface area contributed by atoms with Gasteiger partial charge >= 0.3 is 0 Å². The van der Waals surface area contributed by atoms with Crippen molar-refractivity contribution in [3.05, 3.63) is 39.4 Å². The number of rotatable bonds is 1. The lowest BCUT2D eigenvalue weighted by atomic mass is 10.1. The highest BCUT2D eigenvalue weighted by molar-refractivity contribution is 5.46. The number of nitrogens with zero attached hydrogens (tertiary/aromatic N) is 1. The number of nitro benzene ring substituents is 1. The molecule has 0 saturated carbocycles. The number of non-ortho nitro benzene ring substituents is 1. The number of ether oxygens (including phenoxy) is 1. The van der Waals surface area contributed by atoms with Gasteiger partial charge in [-0.05, 0) is 11.1 Å².